The Morgan fingerprint density at radius 3 is 2.45 bits per heavy atom. The molecule has 0 aliphatic rings. The summed E-state index contributed by atoms with van der Waals surface area (Å²) in [6, 6.07) is 11.3. The van der Waals surface area contributed by atoms with Crippen molar-refractivity contribution in [2.75, 3.05) is 12.3 Å². The van der Waals surface area contributed by atoms with Crippen LogP contribution in [0.25, 0.3) is 0 Å². The molecule has 1 atom stereocenters. The Kier molecular flexibility index (Phi) is 4.96. The van der Waals surface area contributed by atoms with Gasteiger partial charge in [-0.1, -0.05) is 42.8 Å². The summed E-state index contributed by atoms with van der Waals surface area (Å²) in [5.74, 6) is 0.0877. The molecule has 0 amide bonds. The first-order valence-corrected chi connectivity index (χ1v) is 9.12. The fourth-order valence-corrected chi connectivity index (χ4v) is 4.67. The third kappa shape index (κ3) is 3.69. The van der Waals surface area contributed by atoms with E-state index in [1.807, 2.05) is 38.1 Å². The lowest BCUT2D eigenvalue weighted by Crippen LogP contribution is -2.27. The van der Waals surface area contributed by atoms with Gasteiger partial charge in [0.25, 0.3) is 0 Å². The number of rotatable bonds is 6. The molecule has 1 N–H and O–H groups in total. The average molecular weight is 309 g/mol. The number of benzene rings is 1. The SMILES string of the molecule is CCNC(CS(=O)(=O)c1cccs1)c1ccc(C)cc1. The molecule has 1 heterocycles. The van der Waals surface area contributed by atoms with Crippen molar-refractivity contribution in [3.63, 3.8) is 0 Å². The minimum absolute atomic E-state index is 0.0877. The van der Waals surface area contributed by atoms with Crippen LogP contribution in [0.2, 0.25) is 0 Å². The Morgan fingerprint density at radius 1 is 1.20 bits per heavy atom. The van der Waals surface area contributed by atoms with Gasteiger partial charge in [-0.2, -0.15) is 0 Å². The van der Waals surface area contributed by atoms with E-state index in [1.54, 1.807) is 17.5 Å². The summed E-state index contributed by atoms with van der Waals surface area (Å²) >= 11 is 1.27. The van der Waals surface area contributed by atoms with E-state index >= 15 is 0 Å². The van der Waals surface area contributed by atoms with E-state index < -0.39 is 9.84 Å². The first-order chi connectivity index (χ1) is 9.53. The van der Waals surface area contributed by atoms with Crippen LogP contribution in [0.4, 0.5) is 0 Å². The number of nitrogens with one attached hydrogen (secondary N) is 1. The van der Waals surface area contributed by atoms with Crippen molar-refractivity contribution in [1.29, 1.82) is 0 Å². The number of hydrogen-bond donors (Lipinski definition) is 1. The number of hydrogen-bond acceptors (Lipinski definition) is 4. The van der Waals surface area contributed by atoms with Gasteiger partial charge in [0, 0.05) is 6.04 Å². The van der Waals surface area contributed by atoms with E-state index in [0.717, 1.165) is 12.1 Å². The normalized spacial score (nSPS) is 13.3. The van der Waals surface area contributed by atoms with Gasteiger partial charge in [0.15, 0.2) is 9.84 Å². The standard InChI is InChI=1S/C15H19NO2S2/c1-3-16-14(13-8-6-12(2)7-9-13)11-20(17,18)15-5-4-10-19-15/h4-10,14,16H,3,11H2,1-2H3. The summed E-state index contributed by atoms with van der Waals surface area (Å²) in [6.07, 6.45) is 0. The quantitative estimate of drug-likeness (QED) is 0.891. The second-order valence-electron chi connectivity index (χ2n) is 4.73. The molecule has 0 bridgehead atoms. The predicted octanol–water partition coefficient (Wildman–Crippen LogP) is 3.18. The topological polar surface area (TPSA) is 46.2 Å². The van der Waals surface area contributed by atoms with Crippen LogP contribution in [0.15, 0.2) is 46.0 Å². The average Bonchev–Trinajstić information content (AvgIpc) is 2.93. The van der Waals surface area contributed by atoms with Crippen LogP contribution in [0.1, 0.15) is 24.1 Å². The Bertz CT molecular complexity index is 631. The van der Waals surface area contributed by atoms with Gasteiger partial charge in [-0.05, 0) is 30.5 Å². The maximum absolute atomic E-state index is 12.4. The molecular weight excluding hydrogens is 290 g/mol. The van der Waals surface area contributed by atoms with Gasteiger partial charge in [0.2, 0.25) is 0 Å². The molecule has 0 saturated carbocycles. The summed E-state index contributed by atoms with van der Waals surface area (Å²) in [7, 11) is -3.24. The monoisotopic (exact) mass is 309 g/mol. The van der Waals surface area contributed by atoms with Gasteiger partial charge in [0.05, 0.1) is 5.75 Å². The van der Waals surface area contributed by atoms with Crippen LogP contribution < -0.4 is 5.32 Å². The van der Waals surface area contributed by atoms with E-state index in [0.29, 0.717) is 4.21 Å². The second kappa shape index (κ2) is 6.52. The molecule has 0 aliphatic carbocycles. The van der Waals surface area contributed by atoms with Crippen LogP contribution in [-0.4, -0.2) is 20.7 Å². The van der Waals surface area contributed by atoms with Crippen molar-refractivity contribution in [1.82, 2.24) is 5.32 Å². The maximum atomic E-state index is 12.4. The van der Waals surface area contributed by atoms with Gasteiger partial charge in [0.1, 0.15) is 4.21 Å². The summed E-state index contributed by atoms with van der Waals surface area (Å²) in [4.78, 5) is 0. The maximum Gasteiger partial charge on any atom is 0.189 e. The first kappa shape index (κ1) is 15.2. The Balaban J connectivity index is 2.24. The molecule has 108 valence electrons. The predicted molar refractivity (Wildman–Crippen MR) is 84.0 cm³/mol. The number of sulfone groups is 1. The molecule has 1 aromatic carbocycles. The van der Waals surface area contributed by atoms with Gasteiger partial charge in [-0.3, -0.25) is 0 Å². The van der Waals surface area contributed by atoms with Crippen molar-refractivity contribution in [2.24, 2.45) is 0 Å². The summed E-state index contributed by atoms with van der Waals surface area (Å²) in [6.45, 7) is 4.74. The number of thiophene rings is 1. The van der Waals surface area contributed by atoms with E-state index in [-0.39, 0.29) is 11.8 Å². The highest BCUT2D eigenvalue weighted by atomic mass is 32.2. The first-order valence-electron chi connectivity index (χ1n) is 6.59. The molecule has 0 fully saturated rings. The largest absolute Gasteiger partial charge is 0.309 e. The van der Waals surface area contributed by atoms with E-state index in [9.17, 15) is 8.42 Å². The molecule has 3 nitrogen and oxygen atoms in total. The smallest absolute Gasteiger partial charge is 0.189 e. The summed E-state index contributed by atoms with van der Waals surface area (Å²) in [5.41, 5.74) is 2.18. The molecule has 5 heteroatoms. The van der Waals surface area contributed by atoms with Crippen molar-refractivity contribution >= 4 is 21.2 Å². The van der Waals surface area contributed by atoms with Gasteiger partial charge < -0.3 is 5.32 Å². The highest BCUT2D eigenvalue weighted by Gasteiger charge is 2.22. The minimum Gasteiger partial charge on any atom is -0.309 e. The van der Waals surface area contributed by atoms with Crippen LogP contribution in [0.5, 0.6) is 0 Å². The molecular formula is C15H19NO2S2. The van der Waals surface area contributed by atoms with Crippen molar-refractivity contribution in [3.05, 3.63) is 52.9 Å². The zero-order chi connectivity index (χ0) is 14.6. The van der Waals surface area contributed by atoms with Gasteiger partial charge in [-0.25, -0.2) is 8.42 Å². The minimum atomic E-state index is -3.24. The number of aryl methyl sites for hydroxylation is 1. The fourth-order valence-electron chi connectivity index (χ4n) is 2.06. The molecule has 0 radical (unpaired) electrons. The lowest BCUT2D eigenvalue weighted by molar-refractivity contribution is 0.560. The van der Waals surface area contributed by atoms with Crippen molar-refractivity contribution < 1.29 is 8.42 Å². The Morgan fingerprint density at radius 2 is 1.90 bits per heavy atom. The van der Waals surface area contributed by atoms with Crippen LogP contribution in [-0.2, 0) is 9.84 Å². The lowest BCUT2D eigenvalue weighted by Gasteiger charge is -2.18. The summed E-state index contributed by atoms with van der Waals surface area (Å²) in [5, 5.41) is 5.05. The highest BCUT2D eigenvalue weighted by molar-refractivity contribution is 7.93. The molecule has 1 unspecified atom stereocenters. The third-order valence-electron chi connectivity index (χ3n) is 3.12. The highest BCUT2D eigenvalue weighted by Crippen LogP contribution is 2.23. The van der Waals surface area contributed by atoms with Gasteiger partial charge >= 0.3 is 0 Å². The molecule has 1 aromatic heterocycles. The fraction of sp³-hybridized carbons (Fsp3) is 0.333. The van der Waals surface area contributed by atoms with Crippen LogP contribution in [0.3, 0.4) is 0 Å². The van der Waals surface area contributed by atoms with Crippen molar-refractivity contribution in [2.45, 2.75) is 24.1 Å². The Hall–Kier alpha value is -1.17. The zero-order valence-corrected chi connectivity index (χ0v) is 13.3. The molecule has 2 aromatic rings. The third-order valence-corrected chi connectivity index (χ3v) is 6.35. The Labute approximate surface area is 124 Å². The zero-order valence-electron chi connectivity index (χ0n) is 11.7. The molecule has 2 rings (SSSR count). The lowest BCUT2D eigenvalue weighted by atomic mass is 10.1. The van der Waals surface area contributed by atoms with Crippen molar-refractivity contribution in [3.8, 4) is 0 Å². The van der Waals surface area contributed by atoms with Crippen LogP contribution >= 0.6 is 11.3 Å². The van der Waals surface area contributed by atoms with Crippen LogP contribution in [0, 0.1) is 6.92 Å². The summed E-state index contributed by atoms with van der Waals surface area (Å²) < 4.78 is 25.2. The van der Waals surface area contributed by atoms with E-state index in [2.05, 4.69) is 5.32 Å². The molecule has 20 heavy (non-hydrogen) atoms. The van der Waals surface area contributed by atoms with E-state index in [4.69, 9.17) is 0 Å². The second-order valence-corrected chi connectivity index (χ2v) is 7.94. The van der Waals surface area contributed by atoms with E-state index in [1.165, 1.54) is 16.9 Å². The molecule has 0 saturated heterocycles. The van der Waals surface area contributed by atoms with Gasteiger partial charge in [-0.15, -0.1) is 11.3 Å². The molecule has 0 spiro atoms. The molecule has 0 aliphatic heterocycles.